The predicted octanol–water partition coefficient (Wildman–Crippen LogP) is 3.57. The smallest absolute Gasteiger partial charge is 0.189 e. The monoisotopic (exact) mass is 286 g/mol. The molecular formula is C16H11ClO3. The van der Waals surface area contributed by atoms with Crippen LogP contribution in [-0.4, -0.2) is 16.0 Å². The molecule has 1 aliphatic rings. The molecule has 3 nitrogen and oxygen atoms in total. The third-order valence-corrected chi connectivity index (χ3v) is 3.63. The van der Waals surface area contributed by atoms with Gasteiger partial charge in [-0.3, -0.25) is 4.79 Å². The highest BCUT2D eigenvalue weighted by Gasteiger charge is 2.24. The molecule has 20 heavy (non-hydrogen) atoms. The van der Waals surface area contributed by atoms with E-state index in [9.17, 15) is 15.0 Å². The fourth-order valence-electron chi connectivity index (χ4n) is 2.36. The Morgan fingerprint density at radius 2 is 1.90 bits per heavy atom. The van der Waals surface area contributed by atoms with Crippen LogP contribution >= 0.6 is 11.6 Å². The number of halogens is 1. The summed E-state index contributed by atoms with van der Waals surface area (Å²) in [6.07, 6.45) is 2.25. The van der Waals surface area contributed by atoms with E-state index < -0.39 is 0 Å². The molecule has 0 amide bonds. The van der Waals surface area contributed by atoms with Crippen LogP contribution in [0.1, 0.15) is 21.5 Å². The van der Waals surface area contributed by atoms with Gasteiger partial charge in [0.15, 0.2) is 17.3 Å². The number of phenolic OH excluding ortho intramolecular Hbond substituents is 2. The summed E-state index contributed by atoms with van der Waals surface area (Å²) in [5.41, 5.74) is 2.94. The average molecular weight is 287 g/mol. The third kappa shape index (κ3) is 2.06. The van der Waals surface area contributed by atoms with Gasteiger partial charge in [-0.25, -0.2) is 0 Å². The van der Waals surface area contributed by atoms with Gasteiger partial charge >= 0.3 is 0 Å². The zero-order valence-electron chi connectivity index (χ0n) is 10.4. The maximum atomic E-state index is 12.2. The van der Waals surface area contributed by atoms with Crippen molar-refractivity contribution in [1.29, 1.82) is 0 Å². The Bertz CT molecular complexity index is 724. The molecule has 100 valence electrons. The van der Waals surface area contributed by atoms with Crippen molar-refractivity contribution in [3.8, 4) is 11.5 Å². The van der Waals surface area contributed by atoms with E-state index in [0.29, 0.717) is 23.1 Å². The molecule has 0 aromatic heterocycles. The van der Waals surface area contributed by atoms with Crippen LogP contribution in [0.15, 0.2) is 42.0 Å². The Kier molecular flexibility index (Phi) is 2.99. The maximum absolute atomic E-state index is 12.2. The number of ketones is 1. The molecule has 3 rings (SSSR count). The van der Waals surface area contributed by atoms with Gasteiger partial charge in [-0.2, -0.15) is 0 Å². The van der Waals surface area contributed by atoms with E-state index in [-0.39, 0.29) is 22.3 Å². The van der Waals surface area contributed by atoms with E-state index in [1.54, 1.807) is 12.1 Å². The zero-order valence-corrected chi connectivity index (χ0v) is 11.2. The lowest BCUT2D eigenvalue weighted by Crippen LogP contribution is -1.94. The Balaban J connectivity index is 2.02. The zero-order chi connectivity index (χ0) is 14.3. The van der Waals surface area contributed by atoms with Crippen LogP contribution in [0, 0.1) is 0 Å². The first-order valence-corrected chi connectivity index (χ1v) is 6.48. The van der Waals surface area contributed by atoms with E-state index in [1.807, 2.05) is 18.2 Å². The van der Waals surface area contributed by atoms with Gasteiger partial charge in [-0.1, -0.05) is 35.9 Å². The second-order valence-corrected chi connectivity index (χ2v) is 5.11. The lowest BCUT2D eigenvalue weighted by atomic mass is 10.1. The number of hydrogen-bond acceptors (Lipinski definition) is 3. The number of fused-ring (bicyclic) bond motifs is 1. The minimum Gasteiger partial charge on any atom is -0.504 e. The van der Waals surface area contributed by atoms with Crippen LogP contribution in [0.25, 0.3) is 6.08 Å². The fourth-order valence-corrected chi connectivity index (χ4v) is 2.58. The molecule has 0 atom stereocenters. The summed E-state index contributed by atoms with van der Waals surface area (Å²) in [6.45, 7) is 0. The molecule has 0 spiro atoms. The number of Topliss-reactive ketones (excluding diaryl/α,β-unsaturated/α-hetero) is 1. The van der Waals surface area contributed by atoms with Crippen LogP contribution in [0.2, 0.25) is 5.02 Å². The first-order chi connectivity index (χ1) is 9.56. The number of aromatic hydroxyl groups is 2. The van der Waals surface area contributed by atoms with E-state index in [1.165, 1.54) is 12.1 Å². The molecule has 4 heteroatoms. The molecule has 0 bridgehead atoms. The van der Waals surface area contributed by atoms with Crippen LogP contribution in [-0.2, 0) is 6.42 Å². The van der Waals surface area contributed by atoms with Gasteiger partial charge in [0.05, 0.1) is 5.02 Å². The number of allylic oxidation sites excluding steroid dienone is 1. The van der Waals surface area contributed by atoms with Gasteiger partial charge < -0.3 is 10.2 Å². The van der Waals surface area contributed by atoms with E-state index >= 15 is 0 Å². The van der Waals surface area contributed by atoms with E-state index in [0.717, 1.165) is 5.56 Å². The number of phenols is 2. The molecular weight excluding hydrogens is 276 g/mol. The molecule has 2 aromatic carbocycles. The average Bonchev–Trinajstić information content (AvgIpc) is 2.73. The molecule has 1 aliphatic carbocycles. The number of hydrogen-bond donors (Lipinski definition) is 2. The quantitative estimate of drug-likeness (QED) is 0.622. The highest BCUT2D eigenvalue weighted by atomic mass is 35.5. The molecule has 0 saturated heterocycles. The van der Waals surface area contributed by atoms with Crippen LogP contribution in [0.5, 0.6) is 11.5 Å². The third-order valence-electron chi connectivity index (χ3n) is 3.34. The number of carbonyl (C=O) groups is 1. The molecule has 2 N–H and O–H groups in total. The fraction of sp³-hybridized carbons (Fsp3) is 0.0625. The standard InChI is InChI=1S/C16H11ClO3/c17-13-6-9(7-14(18)16(13)20)5-11-8-10-3-1-2-4-12(10)15(11)19/h1-7,18,20H,8H2. The summed E-state index contributed by atoms with van der Waals surface area (Å²) < 4.78 is 0. The first-order valence-electron chi connectivity index (χ1n) is 6.11. The van der Waals surface area contributed by atoms with Gasteiger partial charge in [0.1, 0.15) is 0 Å². The topological polar surface area (TPSA) is 57.5 Å². The largest absolute Gasteiger partial charge is 0.504 e. The van der Waals surface area contributed by atoms with Crippen LogP contribution < -0.4 is 0 Å². The van der Waals surface area contributed by atoms with Crippen molar-refractivity contribution in [1.82, 2.24) is 0 Å². The first kappa shape index (κ1) is 12.8. The summed E-state index contributed by atoms with van der Waals surface area (Å²) in [5, 5.41) is 19.0. The van der Waals surface area contributed by atoms with E-state index in [4.69, 9.17) is 11.6 Å². The van der Waals surface area contributed by atoms with Crippen molar-refractivity contribution in [3.63, 3.8) is 0 Å². The molecule has 0 aliphatic heterocycles. The summed E-state index contributed by atoms with van der Waals surface area (Å²) in [5.74, 6) is -0.661. The Morgan fingerprint density at radius 3 is 2.60 bits per heavy atom. The van der Waals surface area contributed by atoms with Crippen molar-refractivity contribution in [3.05, 3.63) is 63.7 Å². The minimum absolute atomic E-state index is 0.00992. The number of carbonyl (C=O) groups excluding carboxylic acids is 1. The summed E-state index contributed by atoms with van der Waals surface area (Å²) in [6, 6.07) is 10.4. The normalized spacial score (nSPS) is 15.7. The number of benzene rings is 2. The Morgan fingerprint density at radius 1 is 1.15 bits per heavy atom. The maximum Gasteiger partial charge on any atom is 0.189 e. The molecule has 0 fully saturated rings. The number of rotatable bonds is 1. The molecule has 0 radical (unpaired) electrons. The highest BCUT2D eigenvalue weighted by molar-refractivity contribution is 6.32. The molecule has 0 saturated carbocycles. The predicted molar refractivity (Wildman–Crippen MR) is 77.2 cm³/mol. The lowest BCUT2D eigenvalue weighted by Gasteiger charge is -2.03. The van der Waals surface area contributed by atoms with Gasteiger partial charge in [0.25, 0.3) is 0 Å². The Hall–Kier alpha value is -2.26. The highest BCUT2D eigenvalue weighted by Crippen LogP contribution is 2.35. The second-order valence-electron chi connectivity index (χ2n) is 4.70. The van der Waals surface area contributed by atoms with Crippen LogP contribution in [0.4, 0.5) is 0 Å². The van der Waals surface area contributed by atoms with E-state index in [2.05, 4.69) is 0 Å². The lowest BCUT2D eigenvalue weighted by molar-refractivity contribution is 0.104. The molecule has 0 heterocycles. The Labute approximate surface area is 120 Å². The van der Waals surface area contributed by atoms with Crippen molar-refractivity contribution >= 4 is 23.5 Å². The minimum atomic E-state index is -0.352. The van der Waals surface area contributed by atoms with Crippen molar-refractivity contribution in [2.24, 2.45) is 0 Å². The van der Waals surface area contributed by atoms with Gasteiger partial charge in [0, 0.05) is 17.6 Å². The summed E-state index contributed by atoms with van der Waals surface area (Å²) >= 11 is 5.81. The molecule has 0 unspecified atom stereocenters. The SMILES string of the molecule is O=C1C(=Cc2cc(O)c(O)c(Cl)c2)Cc2ccccc21. The summed E-state index contributed by atoms with van der Waals surface area (Å²) in [7, 11) is 0. The summed E-state index contributed by atoms with van der Waals surface area (Å²) in [4.78, 5) is 12.2. The van der Waals surface area contributed by atoms with Crippen molar-refractivity contribution in [2.45, 2.75) is 6.42 Å². The van der Waals surface area contributed by atoms with Crippen molar-refractivity contribution < 1.29 is 15.0 Å². The van der Waals surface area contributed by atoms with Crippen molar-refractivity contribution in [2.75, 3.05) is 0 Å². The molecule has 2 aromatic rings. The van der Waals surface area contributed by atoms with Gasteiger partial charge in [-0.15, -0.1) is 0 Å². The van der Waals surface area contributed by atoms with Gasteiger partial charge in [0.2, 0.25) is 0 Å². The van der Waals surface area contributed by atoms with Crippen LogP contribution in [0.3, 0.4) is 0 Å². The van der Waals surface area contributed by atoms with Gasteiger partial charge in [-0.05, 0) is 29.3 Å². The second kappa shape index (κ2) is 4.69.